The molecule has 7 rings (SSSR count). The van der Waals surface area contributed by atoms with Crippen LogP contribution in [0.15, 0.2) is 85.0 Å². The minimum absolute atomic E-state index is 0.0616. The fourth-order valence-electron chi connectivity index (χ4n) is 8.05. The molecule has 5 heterocycles. The average Bonchev–Trinajstić information content (AvgIpc) is 3.53. The highest BCUT2D eigenvalue weighted by atomic mass is 16.6. The second kappa shape index (κ2) is 14.9. The van der Waals surface area contributed by atoms with Gasteiger partial charge in [0.1, 0.15) is 23.7 Å². The van der Waals surface area contributed by atoms with Gasteiger partial charge in [-0.3, -0.25) is 24.1 Å². The number of esters is 1. The summed E-state index contributed by atoms with van der Waals surface area (Å²) in [5, 5.41) is 13.7. The van der Waals surface area contributed by atoms with Crippen molar-refractivity contribution in [1.82, 2.24) is 20.0 Å². The number of hydrogen-bond donors (Lipinski definition) is 2. The van der Waals surface area contributed by atoms with Crippen LogP contribution in [0.5, 0.6) is 0 Å². The monoisotopic (exact) mass is 684 g/mol. The van der Waals surface area contributed by atoms with Crippen LogP contribution >= 0.6 is 0 Å². The zero-order valence-electron chi connectivity index (χ0n) is 28.0. The molecule has 3 amide bonds. The lowest BCUT2D eigenvalue weighted by Gasteiger charge is -2.39. The van der Waals surface area contributed by atoms with Crippen molar-refractivity contribution in [2.45, 2.75) is 42.7 Å². The molecule has 5 aliphatic heterocycles. The molecule has 0 bridgehead atoms. The van der Waals surface area contributed by atoms with Crippen molar-refractivity contribution >= 4 is 23.7 Å². The molecule has 50 heavy (non-hydrogen) atoms. The second-order valence-electron chi connectivity index (χ2n) is 13.4. The minimum atomic E-state index is -1.51. The summed E-state index contributed by atoms with van der Waals surface area (Å²) >= 11 is 0. The van der Waals surface area contributed by atoms with E-state index in [-0.39, 0.29) is 24.8 Å². The number of carbonyl (C=O) groups is 4. The third kappa shape index (κ3) is 6.48. The number of ether oxygens (including phenoxy) is 3. The first-order valence-corrected chi connectivity index (χ1v) is 17.5. The van der Waals surface area contributed by atoms with Crippen LogP contribution in [0.3, 0.4) is 0 Å². The van der Waals surface area contributed by atoms with Gasteiger partial charge in [-0.15, -0.1) is 0 Å². The number of nitrogens with one attached hydrogen (secondary N) is 1. The molecule has 0 radical (unpaired) electrons. The standard InChI is InChI=1S/C38H44N4O8/c43-25-28(26-10-3-1-4-11-26)42-34-36(46)41(19-18-40-20-22-48-23-21-40)17-9-16-38(34)33(35(42)45)32-29(50-38)14-7-8-15-31(44)39-24-30(49-37(32)47)27-12-5-2-6-13-27/h1-7,9-14,16,28-30,32-34,43H,8,15,17-25H2,(H,39,44)/b14-7-/t28-,29+,30-,32-,33-,34+,38-/m1/s1. The van der Waals surface area contributed by atoms with E-state index in [4.69, 9.17) is 14.2 Å². The van der Waals surface area contributed by atoms with Gasteiger partial charge in [-0.2, -0.15) is 0 Å². The van der Waals surface area contributed by atoms with Gasteiger partial charge in [0.25, 0.3) is 0 Å². The highest BCUT2D eigenvalue weighted by molar-refractivity contribution is 5.99. The van der Waals surface area contributed by atoms with Gasteiger partial charge in [0.05, 0.1) is 44.4 Å². The average molecular weight is 685 g/mol. The highest BCUT2D eigenvalue weighted by Gasteiger charge is 2.72. The Morgan fingerprint density at radius 2 is 1.66 bits per heavy atom. The lowest BCUT2D eigenvalue weighted by molar-refractivity contribution is -0.160. The number of aliphatic hydroxyl groups is 1. The van der Waals surface area contributed by atoms with E-state index >= 15 is 0 Å². The molecule has 3 saturated heterocycles. The van der Waals surface area contributed by atoms with E-state index in [1.807, 2.05) is 66.7 Å². The van der Waals surface area contributed by atoms with E-state index in [0.29, 0.717) is 50.4 Å². The van der Waals surface area contributed by atoms with Crippen LogP contribution in [0.25, 0.3) is 0 Å². The van der Waals surface area contributed by atoms with Crippen LogP contribution in [0, 0.1) is 11.8 Å². The Labute approximate surface area is 291 Å². The van der Waals surface area contributed by atoms with E-state index in [0.717, 1.165) is 13.1 Å². The molecular weight excluding hydrogens is 640 g/mol. The van der Waals surface area contributed by atoms with Crippen molar-refractivity contribution in [1.29, 1.82) is 0 Å². The SMILES string of the molecule is O=C1CC/C=C\[C@@H]2O[C@@]34C=CCN(CCN5CCOCC5)C(=O)[C@@H]3N([C@H](CO)c3ccccc3)C(=O)[C@H]4[C@@H]2C(=O)O[C@@H](c2ccccc2)CN1. The molecule has 7 atom stereocenters. The number of morpholine rings is 1. The van der Waals surface area contributed by atoms with Gasteiger partial charge in [0.15, 0.2) is 0 Å². The van der Waals surface area contributed by atoms with Crippen LogP contribution in [-0.4, -0.2) is 120 Å². The first kappa shape index (κ1) is 34.1. The van der Waals surface area contributed by atoms with Gasteiger partial charge >= 0.3 is 5.97 Å². The summed E-state index contributed by atoms with van der Waals surface area (Å²) in [6.45, 7) is 3.79. The molecular formula is C38H44N4O8. The number of allylic oxidation sites excluding steroid dienone is 1. The third-order valence-corrected chi connectivity index (χ3v) is 10.5. The van der Waals surface area contributed by atoms with E-state index < -0.39 is 60.2 Å². The fourth-order valence-corrected chi connectivity index (χ4v) is 8.05. The molecule has 0 saturated carbocycles. The lowest BCUT2D eigenvalue weighted by atomic mass is 9.78. The fraction of sp³-hybridized carbons (Fsp3) is 0.474. The zero-order valence-corrected chi connectivity index (χ0v) is 28.0. The number of benzene rings is 2. The largest absolute Gasteiger partial charge is 0.455 e. The van der Waals surface area contributed by atoms with Gasteiger partial charge < -0.3 is 34.4 Å². The third-order valence-electron chi connectivity index (χ3n) is 10.5. The smallest absolute Gasteiger partial charge is 0.313 e. The summed E-state index contributed by atoms with van der Waals surface area (Å²) in [6, 6.07) is 16.3. The van der Waals surface area contributed by atoms with Crippen molar-refractivity contribution in [3.05, 3.63) is 96.1 Å². The maximum atomic E-state index is 15.0. The maximum Gasteiger partial charge on any atom is 0.313 e. The Morgan fingerprint density at radius 1 is 0.920 bits per heavy atom. The van der Waals surface area contributed by atoms with Crippen LogP contribution in [0.4, 0.5) is 0 Å². The number of nitrogens with zero attached hydrogens (tertiary/aromatic N) is 3. The lowest BCUT2D eigenvalue weighted by Crippen LogP contribution is -2.57. The number of aliphatic hydroxyl groups excluding tert-OH is 1. The van der Waals surface area contributed by atoms with Gasteiger partial charge in [-0.25, -0.2) is 0 Å². The summed E-state index contributed by atoms with van der Waals surface area (Å²) in [5.74, 6) is -3.81. The molecule has 0 aromatic heterocycles. The Kier molecular flexibility index (Phi) is 10.1. The molecule has 2 N–H and O–H groups in total. The molecule has 0 unspecified atom stereocenters. The first-order valence-electron chi connectivity index (χ1n) is 17.5. The van der Waals surface area contributed by atoms with Gasteiger partial charge in [0.2, 0.25) is 17.7 Å². The van der Waals surface area contributed by atoms with Gasteiger partial charge in [-0.1, -0.05) is 85.0 Å². The van der Waals surface area contributed by atoms with Gasteiger partial charge in [0, 0.05) is 39.1 Å². The Balaban J connectivity index is 1.29. The summed E-state index contributed by atoms with van der Waals surface area (Å²) in [6.07, 6.45) is 6.06. The minimum Gasteiger partial charge on any atom is -0.455 e. The molecule has 264 valence electrons. The van der Waals surface area contributed by atoms with Crippen molar-refractivity contribution in [2.75, 3.05) is 59.1 Å². The van der Waals surface area contributed by atoms with Crippen molar-refractivity contribution in [3.63, 3.8) is 0 Å². The van der Waals surface area contributed by atoms with Gasteiger partial charge in [-0.05, 0) is 17.5 Å². The Morgan fingerprint density at radius 3 is 2.40 bits per heavy atom. The number of cyclic esters (lactones) is 1. The van der Waals surface area contributed by atoms with Crippen LogP contribution < -0.4 is 5.32 Å². The maximum absolute atomic E-state index is 15.0. The number of hydrogen-bond acceptors (Lipinski definition) is 9. The Bertz CT molecular complexity index is 1610. The number of rotatable bonds is 7. The quantitative estimate of drug-likeness (QED) is 0.330. The summed E-state index contributed by atoms with van der Waals surface area (Å²) < 4.78 is 18.5. The van der Waals surface area contributed by atoms with E-state index in [1.165, 1.54) is 4.90 Å². The summed E-state index contributed by atoms with van der Waals surface area (Å²) in [5.41, 5.74) is -0.155. The van der Waals surface area contributed by atoms with Crippen molar-refractivity contribution in [3.8, 4) is 0 Å². The number of likely N-dealkylation sites (tertiary alicyclic amines) is 1. The summed E-state index contributed by atoms with van der Waals surface area (Å²) in [4.78, 5) is 62.4. The highest BCUT2D eigenvalue weighted by Crippen LogP contribution is 2.55. The number of carbonyl (C=O) groups excluding carboxylic acids is 4. The first-order chi connectivity index (χ1) is 24.4. The molecule has 2 aromatic rings. The van der Waals surface area contributed by atoms with Crippen molar-refractivity contribution in [2.24, 2.45) is 11.8 Å². The molecule has 0 aliphatic carbocycles. The van der Waals surface area contributed by atoms with E-state index in [2.05, 4.69) is 10.2 Å². The van der Waals surface area contributed by atoms with Crippen LogP contribution in [0.1, 0.15) is 36.1 Å². The topological polar surface area (TPSA) is 138 Å². The number of amides is 3. The summed E-state index contributed by atoms with van der Waals surface area (Å²) in [7, 11) is 0. The zero-order chi connectivity index (χ0) is 34.7. The predicted octanol–water partition coefficient (Wildman–Crippen LogP) is 1.78. The second-order valence-corrected chi connectivity index (χ2v) is 13.4. The molecule has 1 spiro atoms. The predicted molar refractivity (Wildman–Crippen MR) is 181 cm³/mol. The van der Waals surface area contributed by atoms with E-state index in [9.17, 15) is 24.3 Å². The number of fused-ring (bicyclic) bond motifs is 2. The normalized spacial score (nSPS) is 31.7. The Hall–Kier alpha value is -4.36. The van der Waals surface area contributed by atoms with Crippen molar-refractivity contribution < 1.29 is 38.5 Å². The van der Waals surface area contributed by atoms with Crippen LogP contribution in [-0.2, 0) is 33.4 Å². The molecule has 12 nitrogen and oxygen atoms in total. The van der Waals surface area contributed by atoms with Crippen LogP contribution in [0.2, 0.25) is 0 Å². The van der Waals surface area contributed by atoms with E-state index in [1.54, 1.807) is 23.1 Å². The molecule has 12 heteroatoms. The molecule has 5 aliphatic rings. The molecule has 3 fully saturated rings. The molecule has 2 aromatic carbocycles.